The van der Waals surface area contributed by atoms with E-state index in [2.05, 4.69) is 0 Å². The number of ether oxygens (including phenoxy) is 2. The smallest absolute Gasteiger partial charge is 0.197 e. The number of hydrogen-bond donors (Lipinski definition) is 1. The summed E-state index contributed by atoms with van der Waals surface area (Å²) in [6, 6.07) is 9.54. The zero-order chi connectivity index (χ0) is 17.3. The maximum atomic E-state index is 12.5. The molecule has 0 aliphatic heterocycles. The summed E-state index contributed by atoms with van der Waals surface area (Å²) in [6.07, 6.45) is 0.435. The van der Waals surface area contributed by atoms with Crippen LogP contribution >= 0.6 is 0 Å². The molecule has 3 rings (SSSR count). The van der Waals surface area contributed by atoms with E-state index in [4.69, 9.17) is 13.9 Å². The molecule has 0 aliphatic rings. The van der Waals surface area contributed by atoms with Gasteiger partial charge >= 0.3 is 0 Å². The number of methoxy groups -OCH3 is 2. The molecule has 0 unspecified atom stereocenters. The summed E-state index contributed by atoms with van der Waals surface area (Å²) in [7, 11) is 2.88. The Hall–Kier alpha value is -3.28. The van der Waals surface area contributed by atoms with Gasteiger partial charge in [0.15, 0.2) is 11.7 Å². The third kappa shape index (κ3) is 2.48. The highest BCUT2D eigenvalue weighted by atomic mass is 16.5. The van der Waals surface area contributed by atoms with Gasteiger partial charge in [-0.1, -0.05) is 0 Å². The Morgan fingerprint density at radius 1 is 1.08 bits per heavy atom. The lowest BCUT2D eigenvalue weighted by Crippen LogP contribution is -2.05. The first kappa shape index (κ1) is 15.6. The molecule has 0 aliphatic carbocycles. The van der Waals surface area contributed by atoms with Crippen molar-refractivity contribution in [2.75, 3.05) is 14.2 Å². The summed E-state index contributed by atoms with van der Waals surface area (Å²) >= 11 is 0. The Morgan fingerprint density at radius 3 is 2.38 bits per heavy atom. The van der Waals surface area contributed by atoms with E-state index in [1.807, 2.05) is 0 Å². The van der Waals surface area contributed by atoms with Gasteiger partial charge in [0.2, 0.25) is 0 Å². The van der Waals surface area contributed by atoms with Gasteiger partial charge in [-0.25, -0.2) is 0 Å². The first-order valence-electron chi connectivity index (χ1n) is 7.06. The standard InChI is InChI=1S/C18H14O6/c1-22-11-5-3-10(4-6-11)15-8-14(21)17-16(24-15)7-13(20)12(9-19)18(17)23-2/h3-9,20H,1-2H3. The Balaban J connectivity index is 2.27. The van der Waals surface area contributed by atoms with Crippen molar-refractivity contribution in [3.05, 3.63) is 52.2 Å². The molecule has 0 saturated heterocycles. The van der Waals surface area contributed by atoms with Crippen molar-refractivity contribution in [3.8, 4) is 28.6 Å². The van der Waals surface area contributed by atoms with Gasteiger partial charge in [0, 0.05) is 17.7 Å². The SMILES string of the molecule is COc1ccc(-c2cc(=O)c3c(OC)c(C=O)c(O)cc3o2)cc1. The lowest BCUT2D eigenvalue weighted by Gasteiger charge is -2.10. The van der Waals surface area contributed by atoms with Gasteiger partial charge in [0.25, 0.3) is 0 Å². The molecule has 1 aromatic heterocycles. The molecule has 0 saturated carbocycles. The maximum Gasteiger partial charge on any atom is 0.197 e. The van der Waals surface area contributed by atoms with Crippen molar-refractivity contribution in [2.24, 2.45) is 0 Å². The molecule has 0 amide bonds. The van der Waals surface area contributed by atoms with Gasteiger partial charge in [0.05, 0.1) is 19.8 Å². The van der Waals surface area contributed by atoms with Gasteiger partial charge in [-0.2, -0.15) is 0 Å². The van der Waals surface area contributed by atoms with Crippen LogP contribution in [0, 0.1) is 0 Å². The topological polar surface area (TPSA) is 86.0 Å². The monoisotopic (exact) mass is 326 g/mol. The van der Waals surface area contributed by atoms with E-state index in [9.17, 15) is 14.7 Å². The van der Waals surface area contributed by atoms with Gasteiger partial charge in [-0.3, -0.25) is 9.59 Å². The fourth-order valence-electron chi connectivity index (χ4n) is 2.51. The molecular weight excluding hydrogens is 312 g/mol. The predicted molar refractivity (Wildman–Crippen MR) is 88.1 cm³/mol. The van der Waals surface area contributed by atoms with Crippen molar-refractivity contribution >= 4 is 17.3 Å². The van der Waals surface area contributed by atoms with Crippen LogP contribution in [0.2, 0.25) is 0 Å². The molecule has 2 aromatic carbocycles. The molecule has 1 heterocycles. The van der Waals surface area contributed by atoms with Crippen LogP contribution < -0.4 is 14.9 Å². The number of hydrogen-bond acceptors (Lipinski definition) is 6. The summed E-state index contributed by atoms with van der Waals surface area (Å²) in [4.78, 5) is 23.6. The minimum absolute atomic E-state index is 0.00460. The molecular formula is C18H14O6. The van der Waals surface area contributed by atoms with Gasteiger partial charge < -0.3 is 19.0 Å². The number of carbonyl (C=O) groups excluding carboxylic acids is 1. The average molecular weight is 326 g/mol. The Kier molecular flexibility index (Phi) is 3.95. The molecule has 1 N–H and O–H groups in total. The molecule has 24 heavy (non-hydrogen) atoms. The normalized spacial score (nSPS) is 10.6. The quantitative estimate of drug-likeness (QED) is 0.742. The summed E-state index contributed by atoms with van der Waals surface area (Å²) < 4.78 is 15.9. The summed E-state index contributed by atoms with van der Waals surface area (Å²) in [5.41, 5.74) is 0.345. The third-order valence-electron chi connectivity index (χ3n) is 3.69. The van der Waals surface area contributed by atoms with Crippen molar-refractivity contribution in [1.29, 1.82) is 0 Å². The number of phenols is 1. The lowest BCUT2D eigenvalue weighted by atomic mass is 10.1. The molecule has 0 atom stereocenters. The van der Waals surface area contributed by atoms with E-state index < -0.39 is 0 Å². The van der Waals surface area contributed by atoms with E-state index >= 15 is 0 Å². The first-order chi connectivity index (χ1) is 11.6. The van der Waals surface area contributed by atoms with Crippen molar-refractivity contribution < 1.29 is 23.8 Å². The van der Waals surface area contributed by atoms with Crippen LogP contribution in [-0.2, 0) is 0 Å². The highest BCUT2D eigenvalue weighted by Crippen LogP contribution is 2.35. The van der Waals surface area contributed by atoms with Gasteiger partial charge in [-0.05, 0) is 24.3 Å². The molecule has 3 aromatic rings. The van der Waals surface area contributed by atoms with Crippen LogP contribution in [0.15, 0.2) is 45.6 Å². The Labute approximate surface area is 136 Å². The second kappa shape index (κ2) is 6.08. The molecule has 0 spiro atoms. The second-order valence-corrected chi connectivity index (χ2v) is 5.04. The number of phenolic OH excluding ortho intramolecular Hbond substituents is 1. The van der Waals surface area contributed by atoms with Gasteiger partial charge in [-0.15, -0.1) is 0 Å². The fourth-order valence-corrected chi connectivity index (χ4v) is 2.51. The van der Waals surface area contributed by atoms with E-state index in [1.54, 1.807) is 31.4 Å². The van der Waals surface area contributed by atoms with Crippen LogP contribution in [0.5, 0.6) is 17.2 Å². The van der Waals surface area contributed by atoms with Crippen LogP contribution in [0.25, 0.3) is 22.3 Å². The van der Waals surface area contributed by atoms with E-state index in [-0.39, 0.29) is 33.5 Å². The molecule has 6 nitrogen and oxygen atoms in total. The van der Waals surface area contributed by atoms with Crippen LogP contribution in [-0.4, -0.2) is 25.6 Å². The highest BCUT2D eigenvalue weighted by molar-refractivity contribution is 5.97. The van der Waals surface area contributed by atoms with Crippen molar-refractivity contribution in [3.63, 3.8) is 0 Å². The van der Waals surface area contributed by atoms with Crippen molar-refractivity contribution in [2.45, 2.75) is 0 Å². The van der Waals surface area contributed by atoms with Crippen LogP contribution in [0.3, 0.4) is 0 Å². The zero-order valence-corrected chi connectivity index (χ0v) is 13.0. The Bertz CT molecular complexity index is 969. The Morgan fingerprint density at radius 2 is 1.79 bits per heavy atom. The van der Waals surface area contributed by atoms with E-state index in [0.29, 0.717) is 23.4 Å². The summed E-state index contributed by atoms with van der Waals surface area (Å²) in [6.45, 7) is 0. The van der Waals surface area contributed by atoms with Gasteiger partial charge in [0.1, 0.15) is 34.0 Å². The van der Waals surface area contributed by atoms with E-state index in [0.717, 1.165) is 0 Å². The second-order valence-electron chi connectivity index (χ2n) is 5.04. The third-order valence-corrected chi connectivity index (χ3v) is 3.69. The number of rotatable bonds is 4. The number of benzene rings is 2. The zero-order valence-electron chi connectivity index (χ0n) is 13.0. The molecule has 0 fully saturated rings. The molecule has 0 bridgehead atoms. The lowest BCUT2D eigenvalue weighted by molar-refractivity contribution is 0.111. The first-order valence-corrected chi connectivity index (χ1v) is 7.06. The number of carbonyl (C=O) groups is 1. The summed E-state index contributed by atoms with van der Waals surface area (Å²) in [5.74, 6) is 0.687. The maximum absolute atomic E-state index is 12.5. The van der Waals surface area contributed by atoms with Crippen molar-refractivity contribution in [1.82, 2.24) is 0 Å². The fraction of sp³-hybridized carbons (Fsp3) is 0.111. The van der Waals surface area contributed by atoms with Crippen LogP contribution in [0.1, 0.15) is 10.4 Å². The largest absolute Gasteiger partial charge is 0.507 e. The highest BCUT2D eigenvalue weighted by Gasteiger charge is 2.18. The number of aromatic hydroxyl groups is 1. The number of fused-ring (bicyclic) bond motifs is 1. The summed E-state index contributed by atoms with van der Waals surface area (Å²) in [5, 5.41) is 10.1. The molecule has 6 heteroatoms. The predicted octanol–water partition coefficient (Wildman–Crippen LogP) is 3.00. The average Bonchev–Trinajstić information content (AvgIpc) is 2.60. The minimum Gasteiger partial charge on any atom is -0.507 e. The molecule has 0 radical (unpaired) electrons. The molecule has 122 valence electrons. The van der Waals surface area contributed by atoms with E-state index in [1.165, 1.54) is 19.2 Å². The minimum atomic E-state index is -0.373. The number of aldehydes is 1. The van der Waals surface area contributed by atoms with Crippen LogP contribution in [0.4, 0.5) is 0 Å².